The summed E-state index contributed by atoms with van der Waals surface area (Å²) in [6.07, 6.45) is 5.07. The Morgan fingerprint density at radius 1 is 1.37 bits per heavy atom. The lowest BCUT2D eigenvalue weighted by atomic mass is 9.80. The number of aliphatic hydroxyl groups is 2. The second-order valence-corrected chi connectivity index (χ2v) is 7.52. The monoisotopic (exact) mass is 391 g/mol. The van der Waals surface area contributed by atoms with Gasteiger partial charge in [-0.25, -0.2) is 19.3 Å². The molecule has 0 radical (unpaired) electrons. The highest BCUT2D eigenvalue weighted by atomic mass is 35.5. The van der Waals surface area contributed by atoms with Gasteiger partial charge in [-0.1, -0.05) is 11.6 Å². The van der Waals surface area contributed by atoms with Gasteiger partial charge in [0.1, 0.15) is 11.8 Å². The molecule has 0 aromatic carbocycles. The Balaban J connectivity index is 1.68. The van der Waals surface area contributed by atoms with Gasteiger partial charge in [0.15, 0.2) is 17.5 Å². The van der Waals surface area contributed by atoms with Gasteiger partial charge in [-0.05, 0) is 32.3 Å². The topological polar surface area (TPSA) is 107 Å². The smallest absolute Gasteiger partial charge is 0.183 e. The molecule has 0 aliphatic heterocycles. The first-order chi connectivity index (χ1) is 12.8. The van der Waals surface area contributed by atoms with Crippen molar-refractivity contribution in [1.29, 1.82) is 0 Å². The molecule has 142 valence electrons. The molecular formula is C18H19ClFN5O2. The van der Waals surface area contributed by atoms with Crippen molar-refractivity contribution in [3.63, 3.8) is 0 Å². The van der Waals surface area contributed by atoms with Gasteiger partial charge < -0.3 is 20.5 Å². The van der Waals surface area contributed by atoms with E-state index in [4.69, 9.17) is 11.6 Å². The third-order valence-corrected chi connectivity index (χ3v) is 5.23. The second-order valence-electron chi connectivity index (χ2n) is 7.09. The molecule has 1 aliphatic carbocycles. The van der Waals surface area contributed by atoms with Crippen molar-refractivity contribution in [2.45, 2.75) is 43.9 Å². The number of hydrogen-bond acceptors (Lipinski definition) is 6. The molecule has 1 saturated carbocycles. The number of nitrogens with one attached hydrogen (secondary N) is 2. The molecule has 3 aromatic rings. The quantitative estimate of drug-likeness (QED) is 0.547. The molecule has 4 N–H and O–H groups in total. The van der Waals surface area contributed by atoms with Crippen molar-refractivity contribution < 1.29 is 14.6 Å². The number of rotatable bonds is 3. The summed E-state index contributed by atoms with van der Waals surface area (Å²) in [6.45, 7) is 1.58. The van der Waals surface area contributed by atoms with Crippen molar-refractivity contribution >= 4 is 28.5 Å². The largest absolute Gasteiger partial charge is 0.388 e. The SMILES string of the molecule is C[C@]1(O)CCC[C@@H](Nc2nc(-c3c[nH]c4ncc(Cl)cc34)ncc2F)[C@@H]1O. The van der Waals surface area contributed by atoms with Crippen LogP contribution >= 0.6 is 11.6 Å². The van der Waals surface area contributed by atoms with E-state index in [0.29, 0.717) is 41.3 Å². The van der Waals surface area contributed by atoms with Crippen LogP contribution in [0.15, 0.2) is 24.7 Å². The number of H-pyrrole nitrogens is 1. The van der Waals surface area contributed by atoms with Crippen LogP contribution < -0.4 is 5.32 Å². The fourth-order valence-electron chi connectivity index (χ4n) is 3.51. The molecule has 0 saturated heterocycles. The van der Waals surface area contributed by atoms with E-state index < -0.39 is 23.6 Å². The van der Waals surface area contributed by atoms with Gasteiger partial charge in [-0.3, -0.25) is 0 Å². The molecule has 0 amide bonds. The summed E-state index contributed by atoms with van der Waals surface area (Å²) in [4.78, 5) is 15.6. The zero-order valence-corrected chi connectivity index (χ0v) is 15.3. The van der Waals surface area contributed by atoms with Crippen LogP contribution in [0.2, 0.25) is 5.02 Å². The fraction of sp³-hybridized carbons (Fsp3) is 0.389. The number of halogens is 2. The van der Waals surface area contributed by atoms with Gasteiger partial charge in [-0.15, -0.1) is 0 Å². The first-order valence-electron chi connectivity index (χ1n) is 8.68. The number of aromatic nitrogens is 4. The van der Waals surface area contributed by atoms with Crippen molar-refractivity contribution in [2.75, 3.05) is 5.32 Å². The summed E-state index contributed by atoms with van der Waals surface area (Å²) in [5.41, 5.74) is 0.0384. The molecule has 9 heteroatoms. The maximum Gasteiger partial charge on any atom is 0.183 e. The van der Waals surface area contributed by atoms with Gasteiger partial charge >= 0.3 is 0 Å². The minimum absolute atomic E-state index is 0.0221. The summed E-state index contributed by atoms with van der Waals surface area (Å²) in [6, 6.07) is 1.22. The van der Waals surface area contributed by atoms with E-state index in [1.54, 1.807) is 19.2 Å². The molecule has 3 heterocycles. The highest BCUT2D eigenvalue weighted by Crippen LogP contribution is 2.32. The van der Waals surface area contributed by atoms with Crippen LogP contribution in [0.25, 0.3) is 22.4 Å². The van der Waals surface area contributed by atoms with Crippen LogP contribution in [0.1, 0.15) is 26.2 Å². The first kappa shape index (κ1) is 18.1. The molecule has 0 unspecified atom stereocenters. The van der Waals surface area contributed by atoms with E-state index in [1.165, 1.54) is 6.20 Å². The molecule has 4 rings (SSSR count). The number of pyridine rings is 1. The van der Waals surface area contributed by atoms with Crippen molar-refractivity contribution in [3.8, 4) is 11.4 Å². The Morgan fingerprint density at radius 3 is 3.00 bits per heavy atom. The van der Waals surface area contributed by atoms with E-state index in [2.05, 4.69) is 25.3 Å². The zero-order valence-electron chi connectivity index (χ0n) is 14.6. The Morgan fingerprint density at radius 2 is 2.19 bits per heavy atom. The number of fused-ring (bicyclic) bond motifs is 1. The number of aromatic amines is 1. The van der Waals surface area contributed by atoms with Gasteiger partial charge in [0.2, 0.25) is 0 Å². The Hall–Kier alpha value is -2.29. The highest BCUT2D eigenvalue weighted by molar-refractivity contribution is 6.31. The van der Waals surface area contributed by atoms with E-state index in [9.17, 15) is 14.6 Å². The van der Waals surface area contributed by atoms with E-state index in [1.807, 2.05) is 0 Å². The molecule has 0 bridgehead atoms. The predicted octanol–water partition coefficient (Wildman–Crippen LogP) is 2.89. The molecular weight excluding hydrogens is 373 g/mol. The lowest BCUT2D eigenvalue weighted by Crippen LogP contribution is -2.53. The Kier molecular flexibility index (Phi) is 4.49. The minimum Gasteiger partial charge on any atom is -0.388 e. The molecule has 1 fully saturated rings. The summed E-state index contributed by atoms with van der Waals surface area (Å²) >= 11 is 6.02. The Labute approximate surface area is 159 Å². The number of nitrogens with zero attached hydrogens (tertiary/aromatic N) is 3. The normalized spacial score (nSPS) is 25.7. The van der Waals surface area contributed by atoms with Crippen molar-refractivity contribution in [2.24, 2.45) is 0 Å². The number of hydrogen-bond donors (Lipinski definition) is 4. The Bertz CT molecular complexity index is 993. The third-order valence-electron chi connectivity index (χ3n) is 5.02. The number of anilines is 1. The van der Waals surface area contributed by atoms with Crippen LogP contribution in [-0.4, -0.2) is 47.9 Å². The standard InChI is InChI=1S/C18H19ClFN5O2/c1-18(27)4-2-3-13(14(18)26)24-17-12(20)8-23-16(25-17)11-7-22-15-10(11)5-9(19)6-21-15/h5-8,13-14,26-27H,2-4H2,1H3,(H,21,22)(H,23,24,25)/t13-,14+,18+/m1/s1. The van der Waals surface area contributed by atoms with Gasteiger partial charge in [-0.2, -0.15) is 0 Å². The lowest BCUT2D eigenvalue weighted by Gasteiger charge is -2.39. The van der Waals surface area contributed by atoms with Crippen molar-refractivity contribution in [1.82, 2.24) is 19.9 Å². The number of aliphatic hydroxyl groups excluding tert-OH is 1. The minimum atomic E-state index is -1.22. The average molecular weight is 392 g/mol. The maximum atomic E-state index is 14.3. The van der Waals surface area contributed by atoms with Crippen LogP contribution in [0, 0.1) is 5.82 Å². The summed E-state index contributed by atoms with van der Waals surface area (Å²) < 4.78 is 14.3. The fourth-order valence-corrected chi connectivity index (χ4v) is 3.66. The summed E-state index contributed by atoms with van der Waals surface area (Å²) in [5.74, 6) is -0.357. The van der Waals surface area contributed by atoms with Crippen LogP contribution in [0.4, 0.5) is 10.2 Å². The van der Waals surface area contributed by atoms with E-state index in [0.717, 1.165) is 11.6 Å². The predicted molar refractivity (Wildman–Crippen MR) is 100.0 cm³/mol. The van der Waals surface area contributed by atoms with Crippen LogP contribution in [-0.2, 0) is 0 Å². The molecule has 1 aliphatic rings. The summed E-state index contributed by atoms with van der Waals surface area (Å²) in [7, 11) is 0. The van der Waals surface area contributed by atoms with Gasteiger partial charge in [0.05, 0.1) is 22.9 Å². The first-order valence-corrected chi connectivity index (χ1v) is 9.05. The average Bonchev–Trinajstić information content (AvgIpc) is 3.04. The molecule has 3 aromatic heterocycles. The molecule has 7 nitrogen and oxygen atoms in total. The maximum absolute atomic E-state index is 14.3. The highest BCUT2D eigenvalue weighted by Gasteiger charge is 2.40. The molecule has 3 atom stereocenters. The lowest BCUT2D eigenvalue weighted by molar-refractivity contribution is -0.0919. The zero-order chi connectivity index (χ0) is 19.2. The van der Waals surface area contributed by atoms with Crippen molar-refractivity contribution in [3.05, 3.63) is 35.5 Å². The molecule has 27 heavy (non-hydrogen) atoms. The van der Waals surface area contributed by atoms with Gasteiger partial charge in [0.25, 0.3) is 0 Å². The van der Waals surface area contributed by atoms with Crippen LogP contribution in [0.5, 0.6) is 0 Å². The van der Waals surface area contributed by atoms with E-state index >= 15 is 0 Å². The van der Waals surface area contributed by atoms with Crippen LogP contribution in [0.3, 0.4) is 0 Å². The second kappa shape index (κ2) is 6.70. The summed E-state index contributed by atoms with van der Waals surface area (Å²) in [5, 5.41) is 24.8. The van der Waals surface area contributed by atoms with E-state index in [-0.39, 0.29) is 5.82 Å². The molecule has 0 spiro atoms. The third kappa shape index (κ3) is 3.36. The van der Waals surface area contributed by atoms with Gasteiger partial charge in [0, 0.05) is 23.3 Å².